The Morgan fingerprint density at radius 1 is 0.360 bits per heavy atom. The lowest BCUT2D eigenvalue weighted by atomic mass is 10.4. The van der Waals surface area contributed by atoms with Crippen molar-refractivity contribution in [3.8, 4) is 0 Å². The summed E-state index contributed by atoms with van der Waals surface area (Å²) >= 11 is 0. The summed E-state index contributed by atoms with van der Waals surface area (Å²) in [6, 6.07) is 23.8. The predicted octanol–water partition coefficient (Wildman–Crippen LogP) is 7.53. The molecular weight excluding hydrogens is 321 g/mol. The molecule has 3 heteroatoms. The highest BCUT2D eigenvalue weighted by molar-refractivity contribution is 5.03. The van der Waals surface area contributed by atoms with Crippen LogP contribution in [0.3, 0.4) is 0 Å². The topological polar surface area (TPSA) is 0 Å². The van der Waals surface area contributed by atoms with E-state index in [1.807, 2.05) is 27.7 Å². The Morgan fingerprint density at radius 3 is 0.600 bits per heavy atom. The van der Waals surface area contributed by atoms with Crippen molar-refractivity contribution >= 4 is 0 Å². The van der Waals surface area contributed by atoms with Crippen LogP contribution in [-0.4, -0.2) is 0 Å². The van der Waals surface area contributed by atoms with Gasteiger partial charge in [0.2, 0.25) is 0 Å². The third-order valence-electron chi connectivity index (χ3n) is 2.20. The van der Waals surface area contributed by atoms with Gasteiger partial charge in [-0.15, -0.1) is 0 Å². The van der Waals surface area contributed by atoms with Gasteiger partial charge >= 0.3 is 0 Å². The average Bonchev–Trinajstić information content (AvgIpc) is 2.68. The minimum atomic E-state index is -0.178. The molecule has 0 N–H and O–H groups in total. The van der Waals surface area contributed by atoms with Crippen LogP contribution in [0.25, 0.3) is 0 Å². The van der Waals surface area contributed by atoms with Crippen LogP contribution >= 0.6 is 0 Å². The van der Waals surface area contributed by atoms with E-state index >= 15 is 0 Å². The molecule has 0 spiro atoms. The average molecular weight is 348 g/mol. The molecule has 25 heavy (non-hydrogen) atoms. The summed E-state index contributed by atoms with van der Waals surface area (Å²) in [5, 5.41) is 0. The van der Waals surface area contributed by atoms with Gasteiger partial charge in [-0.3, -0.25) is 0 Å². The number of halogens is 3. The van der Waals surface area contributed by atoms with E-state index in [0.717, 1.165) is 0 Å². The SMILES string of the molecule is CC.CC.Fc1ccccc1.Fc1ccccc1.Fc1ccccc1. The minimum Gasteiger partial charge on any atom is -0.207 e. The maximum Gasteiger partial charge on any atom is 0.123 e. The highest BCUT2D eigenvalue weighted by Gasteiger charge is 1.78. The second-order valence-corrected chi connectivity index (χ2v) is 3.89. The molecule has 0 fully saturated rings. The third kappa shape index (κ3) is 17.6. The summed E-state index contributed by atoms with van der Waals surface area (Å²) in [6.45, 7) is 8.00. The molecule has 0 aliphatic heterocycles. The van der Waals surface area contributed by atoms with Gasteiger partial charge in [0, 0.05) is 0 Å². The zero-order chi connectivity index (χ0) is 19.3. The number of rotatable bonds is 0. The van der Waals surface area contributed by atoms with E-state index in [1.165, 1.54) is 36.4 Å². The molecule has 0 heterocycles. The fraction of sp³-hybridized carbons (Fsp3) is 0.182. The molecule has 0 bridgehead atoms. The van der Waals surface area contributed by atoms with Gasteiger partial charge in [0.05, 0.1) is 0 Å². The van der Waals surface area contributed by atoms with E-state index in [2.05, 4.69) is 0 Å². The van der Waals surface area contributed by atoms with Crippen LogP contribution in [0, 0.1) is 17.5 Å². The summed E-state index contributed by atoms with van der Waals surface area (Å²) in [5.41, 5.74) is 0. The first-order valence-electron chi connectivity index (χ1n) is 8.30. The van der Waals surface area contributed by atoms with Gasteiger partial charge in [-0.1, -0.05) is 82.3 Å². The number of hydrogen-bond acceptors (Lipinski definition) is 0. The lowest BCUT2D eigenvalue weighted by Crippen LogP contribution is -1.63. The molecule has 3 rings (SSSR count). The summed E-state index contributed by atoms with van der Waals surface area (Å²) in [4.78, 5) is 0. The molecule has 0 nitrogen and oxygen atoms in total. The lowest BCUT2D eigenvalue weighted by Gasteiger charge is -1.78. The van der Waals surface area contributed by atoms with Crippen molar-refractivity contribution in [2.45, 2.75) is 27.7 Å². The largest absolute Gasteiger partial charge is 0.207 e. The Bertz CT molecular complexity index is 492. The second-order valence-electron chi connectivity index (χ2n) is 3.89. The summed E-state index contributed by atoms with van der Waals surface area (Å²) in [6.07, 6.45) is 0. The molecule has 0 aliphatic carbocycles. The van der Waals surface area contributed by atoms with Gasteiger partial charge < -0.3 is 0 Å². The van der Waals surface area contributed by atoms with Crippen molar-refractivity contribution in [1.29, 1.82) is 0 Å². The van der Waals surface area contributed by atoms with Crippen molar-refractivity contribution in [3.05, 3.63) is 108 Å². The van der Waals surface area contributed by atoms with Gasteiger partial charge in [-0.2, -0.15) is 0 Å². The van der Waals surface area contributed by atoms with Crippen LogP contribution in [0.5, 0.6) is 0 Å². The first-order chi connectivity index (χ1) is 12.2. The molecule has 0 saturated carbocycles. The third-order valence-corrected chi connectivity index (χ3v) is 2.20. The molecule has 0 aromatic heterocycles. The molecule has 0 amide bonds. The zero-order valence-electron chi connectivity index (χ0n) is 15.3. The number of hydrogen-bond donors (Lipinski definition) is 0. The fourth-order valence-electron chi connectivity index (χ4n) is 1.24. The smallest absolute Gasteiger partial charge is 0.123 e. The number of benzene rings is 3. The van der Waals surface area contributed by atoms with Crippen molar-refractivity contribution in [2.24, 2.45) is 0 Å². The maximum atomic E-state index is 11.9. The van der Waals surface area contributed by atoms with E-state index in [0.29, 0.717) is 0 Å². The predicted molar refractivity (Wildman–Crippen MR) is 102 cm³/mol. The molecule has 0 saturated heterocycles. The Hall–Kier alpha value is -2.55. The lowest BCUT2D eigenvalue weighted by molar-refractivity contribution is 0.627. The van der Waals surface area contributed by atoms with E-state index in [1.54, 1.807) is 54.6 Å². The highest BCUT2D eigenvalue weighted by atomic mass is 19.1. The minimum absolute atomic E-state index is 0.178. The summed E-state index contributed by atoms with van der Waals surface area (Å²) < 4.78 is 35.7. The monoisotopic (exact) mass is 348 g/mol. The molecule has 0 atom stereocenters. The van der Waals surface area contributed by atoms with Gasteiger partial charge in [-0.25, -0.2) is 13.2 Å². The van der Waals surface area contributed by atoms with Gasteiger partial charge in [0.25, 0.3) is 0 Å². The highest BCUT2D eigenvalue weighted by Crippen LogP contribution is 1.93. The Morgan fingerprint density at radius 2 is 0.520 bits per heavy atom. The molecule has 0 radical (unpaired) electrons. The van der Waals surface area contributed by atoms with Crippen molar-refractivity contribution in [1.82, 2.24) is 0 Å². The Kier molecular flexibility index (Phi) is 19.3. The fourth-order valence-corrected chi connectivity index (χ4v) is 1.24. The summed E-state index contributed by atoms with van der Waals surface area (Å²) in [7, 11) is 0. The van der Waals surface area contributed by atoms with E-state index in [9.17, 15) is 13.2 Å². The van der Waals surface area contributed by atoms with Crippen LogP contribution in [0.1, 0.15) is 27.7 Å². The van der Waals surface area contributed by atoms with Crippen molar-refractivity contribution < 1.29 is 13.2 Å². The first-order valence-corrected chi connectivity index (χ1v) is 8.30. The van der Waals surface area contributed by atoms with E-state index in [4.69, 9.17) is 0 Å². The summed E-state index contributed by atoms with van der Waals surface area (Å²) in [5.74, 6) is -0.535. The van der Waals surface area contributed by atoms with Crippen LogP contribution in [0.4, 0.5) is 13.2 Å². The normalized spacial score (nSPS) is 7.80. The molecule has 0 aliphatic rings. The molecular formula is C22H27F3. The van der Waals surface area contributed by atoms with Gasteiger partial charge in [0.1, 0.15) is 17.5 Å². The standard InChI is InChI=1S/3C6H5F.2C2H6/c3*7-6-4-2-1-3-5-6;2*1-2/h3*1-5H;2*1-2H3. The maximum absolute atomic E-state index is 11.9. The zero-order valence-corrected chi connectivity index (χ0v) is 15.3. The van der Waals surface area contributed by atoms with Gasteiger partial charge in [-0.05, 0) is 36.4 Å². The van der Waals surface area contributed by atoms with Crippen LogP contribution in [0.2, 0.25) is 0 Å². The quantitative estimate of drug-likeness (QED) is 0.394. The van der Waals surface area contributed by atoms with E-state index in [-0.39, 0.29) is 17.5 Å². The molecule has 3 aromatic carbocycles. The molecule has 0 unspecified atom stereocenters. The second kappa shape index (κ2) is 19.5. The van der Waals surface area contributed by atoms with E-state index < -0.39 is 0 Å². The first kappa shape index (κ1) is 24.7. The van der Waals surface area contributed by atoms with Crippen molar-refractivity contribution in [2.75, 3.05) is 0 Å². The van der Waals surface area contributed by atoms with Gasteiger partial charge in [0.15, 0.2) is 0 Å². The van der Waals surface area contributed by atoms with Crippen molar-refractivity contribution in [3.63, 3.8) is 0 Å². The van der Waals surface area contributed by atoms with Crippen LogP contribution < -0.4 is 0 Å². The Balaban J connectivity index is 0. The van der Waals surface area contributed by atoms with Crippen LogP contribution in [0.15, 0.2) is 91.0 Å². The van der Waals surface area contributed by atoms with Crippen LogP contribution in [-0.2, 0) is 0 Å². The Labute approximate surface area is 150 Å². The molecule has 3 aromatic rings. The molecule has 136 valence electrons.